The number of benzene rings is 1. The molecule has 0 bridgehead atoms. The number of hydrogen-bond acceptors (Lipinski definition) is 3. The van der Waals surface area contributed by atoms with E-state index in [-0.39, 0.29) is 18.2 Å². The first-order chi connectivity index (χ1) is 8.56. The summed E-state index contributed by atoms with van der Waals surface area (Å²) in [6.45, 7) is 3.60. The SMILES string of the molecule is CCC(=O)Nc1ccc(C)c(NC(=O)CC#N)c1. The molecule has 0 aliphatic carbocycles. The van der Waals surface area contributed by atoms with Crippen LogP contribution in [0.5, 0.6) is 0 Å². The molecule has 2 N–H and O–H groups in total. The fraction of sp³-hybridized carbons (Fsp3) is 0.308. The molecule has 0 atom stereocenters. The van der Waals surface area contributed by atoms with Crippen molar-refractivity contribution in [2.24, 2.45) is 0 Å². The Kier molecular flexibility index (Phi) is 4.88. The van der Waals surface area contributed by atoms with Gasteiger partial charge in [-0.05, 0) is 24.6 Å². The normalized spacial score (nSPS) is 9.39. The van der Waals surface area contributed by atoms with Crippen molar-refractivity contribution in [2.45, 2.75) is 26.7 Å². The van der Waals surface area contributed by atoms with E-state index in [1.54, 1.807) is 31.2 Å². The number of carbonyl (C=O) groups is 2. The molecule has 94 valence electrons. The molecule has 1 rings (SSSR count). The molecule has 5 nitrogen and oxygen atoms in total. The number of nitrogens with one attached hydrogen (secondary N) is 2. The number of anilines is 2. The van der Waals surface area contributed by atoms with Gasteiger partial charge in [-0.3, -0.25) is 9.59 Å². The van der Waals surface area contributed by atoms with Crippen LogP contribution in [0.2, 0.25) is 0 Å². The largest absolute Gasteiger partial charge is 0.326 e. The molecule has 2 amide bonds. The first kappa shape index (κ1) is 13.7. The fourth-order valence-electron chi connectivity index (χ4n) is 1.35. The Hall–Kier alpha value is -2.35. The Morgan fingerprint density at radius 3 is 2.61 bits per heavy atom. The molecule has 0 radical (unpaired) electrons. The second-order valence-electron chi connectivity index (χ2n) is 3.81. The van der Waals surface area contributed by atoms with E-state index in [1.165, 1.54) is 0 Å². The van der Waals surface area contributed by atoms with Gasteiger partial charge in [0.15, 0.2) is 0 Å². The lowest BCUT2D eigenvalue weighted by Crippen LogP contribution is -2.13. The Morgan fingerprint density at radius 2 is 2.00 bits per heavy atom. The number of nitriles is 1. The molecule has 0 heterocycles. The predicted molar refractivity (Wildman–Crippen MR) is 69.0 cm³/mol. The van der Waals surface area contributed by atoms with Crippen molar-refractivity contribution in [3.8, 4) is 6.07 Å². The summed E-state index contributed by atoms with van der Waals surface area (Å²) in [5.41, 5.74) is 2.10. The topological polar surface area (TPSA) is 82.0 Å². The summed E-state index contributed by atoms with van der Waals surface area (Å²) in [6, 6.07) is 7.03. The Labute approximate surface area is 106 Å². The minimum atomic E-state index is -0.362. The fourth-order valence-corrected chi connectivity index (χ4v) is 1.35. The van der Waals surface area contributed by atoms with Crippen LogP contribution >= 0.6 is 0 Å². The van der Waals surface area contributed by atoms with Gasteiger partial charge in [-0.1, -0.05) is 13.0 Å². The van der Waals surface area contributed by atoms with E-state index in [2.05, 4.69) is 10.6 Å². The predicted octanol–water partition coefficient (Wildman–Crippen LogP) is 2.20. The first-order valence-electron chi connectivity index (χ1n) is 5.64. The van der Waals surface area contributed by atoms with Crippen LogP contribution in [0.15, 0.2) is 18.2 Å². The third-order valence-electron chi connectivity index (χ3n) is 2.36. The van der Waals surface area contributed by atoms with Gasteiger partial charge in [0.1, 0.15) is 6.42 Å². The number of rotatable bonds is 4. The molecular weight excluding hydrogens is 230 g/mol. The molecule has 18 heavy (non-hydrogen) atoms. The summed E-state index contributed by atoms with van der Waals surface area (Å²) in [5.74, 6) is -0.451. The Balaban J connectivity index is 2.84. The van der Waals surface area contributed by atoms with Gasteiger partial charge < -0.3 is 10.6 Å². The zero-order chi connectivity index (χ0) is 13.5. The average molecular weight is 245 g/mol. The second-order valence-corrected chi connectivity index (χ2v) is 3.81. The highest BCUT2D eigenvalue weighted by atomic mass is 16.2. The maximum Gasteiger partial charge on any atom is 0.238 e. The van der Waals surface area contributed by atoms with Crippen molar-refractivity contribution in [3.63, 3.8) is 0 Å². The van der Waals surface area contributed by atoms with Crippen LogP contribution < -0.4 is 10.6 Å². The smallest absolute Gasteiger partial charge is 0.238 e. The maximum absolute atomic E-state index is 11.3. The highest BCUT2D eigenvalue weighted by Crippen LogP contribution is 2.20. The van der Waals surface area contributed by atoms with E-state index in [9.17, 15) is 9.59 Å². The minimum absolute atomic E-state index is 0.0897. The van der Waals surface area contributed by atoms with Crippen molar-refractivity contribution in [2.75, 3.05) is 10.6 Å². The van der Waals surface area contributed by atoms with Crippen molar-refractivity contribution >= 4 is 23.2 Å². The van der Waals surface area contributed by atoms with Gasteiger partial charge in [0.05, 0.1) is 6.07 Å². The molecule has 0 saturated heterocycles. The summed E-state index contributed by atoms with van der Waals surface area (Å²) in [4.78, 5) is 22.6. The average Bonchev–Trinajstić information content (AvgIpc) is 2.33. The molecule has 5 heteroatoms. The molecule has 0 aliphatic rings. The van der Waals surface area contributed by atoms with E-state index in [0.717, 1.165) is 5.56 Å². The zero-order valence-electron chi connectivity index (χ0n) is 10.4. The molecule has 0 aliphatic heterocycles. The van der Waals surface area contributed by atoms with E-state index in [0.29, 0.717) is 17.8 Å². The van der Waals surface area contributed by atoms with Gasteiger partial charge in [-0.15, -0.1) is 0 Å². The van der Waals surface area contributed by atoms with Crippen LogP contribution in [0.3, 0.4) is 0 Å². The summed E-state index contributed by atoms with van der Waals surface area (Å²) in [7, 11) is 0. The molecule has 0 aromatic heterocycles. The van der Waals surface area contributed by atoms with E-state index < -0.39 is 0 Å². The zero-order valence-corrected chi connectivity index (χ0v) is 10.4. The highest BCUT2D eigenvalue weighted by molar-refractivity contribution is 5.95. The summed E-state index contributed by atoms with van der Waals surface area (Å²) in [5, 5.41) is 13.8. The van der Waals surface area contributed by atoms with Gasteiger partial charge >= 0.3 is 0 Å². The van der Waals surface area contributed by atoms with Crippen LogP contribution in [0.1, 0.15) is 25.3 Å². The van der Waals surface area contributed by atoms with Crippen LogP contribution in [0, 0.1) is 18.3 Å². The molecule has 0 fully saturated rings. The summed E-state index contributed by atoms with van der Waals surface area (Å²) >= 11 is 0. The number of aryl methyl sites for hydroxylation is 1. The number of carbonyl (C=O) groups excluding carboxylic acids is 2. The molecule has 1 aromatic carbocycles. The molecule has 0 saturated carbocycles. The molecule has 0 unspecified atom stereocenters. The Bertz CT molecular complexity index is 503. The maximum atomic E-state index is 11.3. The standard InChI is InChI=1S/C13H15N3O2/c1-3-12(17)15-10-5-4-9(2)11(8-10)16-13(18)6-7-14/h4-5,8H,3,6H2,1-2H3,(H,15,17)(H,16,18). The van der Waals surface area contributed by atoms with Crippen LogP contribution in [-0.4, -0.2) is 11.8 Å². The molecule has 0 spiro atoms. The summed E-state index contributed by atoms with van der Waals surface area (Å²) in [6.07, 6.45) is 0.203. The first-order valence-corrected chi connectivity index (χ1v) is 5.64. The van der Waals surface area contributed by atoms with Crippen molar-refractivity contribution in [3.05, 3.63) is 23.8 Å². The van der Waals surface area contributed by atoms with E-state index in [1.807, 2.05) is 6.92 Å². The molecular formula is C13H15N3O2. The van der Waals surface area contributed by atoms with E-state index in [4.69, 9.17) is 5.26 Å². The van der Waals surface area contributed by atoms with Crippen molar-refractivity contribution in [1.82, 2.24) is 0 Å². The quantitative estimate of drug-likeness (QED) is 0.853. The van der Waals surface area contributed by atoms with Crippen LogP contribution in [0.4, 0.5) is 11.4 Å². The second kappa shape index (κ2) is 6.40. The van der Waals surface area contributed by atoms with Crippen molar-refractivity contribution in [1.29, 1.82) is 5.26 Å². The number of amides is 2. The summed E-state index contributed by atoms with van der Waals surface area (Å²) < 4.78 is 0. The lowest BCUT2D eigenvalue weighted by Gasteiger charge is -2.10. The third kappa shape index (κ3) is 3.91. The minimum Gasteiger partial charge on any atom is -0.326 e. The number of hydrogen-bond donors (Lipinski definition) is 2. The van der Waals surface area contributed by atoms with Gasteiger partial charge in [0.2, 0.25) is 11.8 Å². The van der Waals surface area contributed by atoms with Crippen LogP contribution in [0.25, 0.3) is 0 Å². The highest BCUT2D eigenvalue weighted by Gasteiger charge is 2.06. The van der Waals surface area contributed by atoms with E-state index >= 15 is 0 Å². The third-order valence-corrected chi connectivity index (χ3v) is 2.36. The lowest BCUT2D eigenvalue weighted by molar-refractivity contribution is -0.116. The monoisotopic (exact) mass is 245 g/mol. The lowest BCUT2D eigenvalue weighted by atomic mass is 10.1. The number of nitrogens with zero attached hydrogens (tertiary/aromatic N) is 1. The molecule has 1 aromatic rings. The van der Waals surface area contributed by atoms with Gasteiger partial charge in [0.25, 0.3) is 0 Å². The Morgan fingerprint density at radius 1 is 1.28 bits per heavy atom. The van der Waals surface area contributed by atoms with Gasteiger partial charge in [-0.2, -0.15) is 5.26 Å². The van der Waals surface area contributed by atoms with Crippen LogP contribution in [-0.2, 0) is 9.59 Å². The van der Waals surface area contributed by atoms with Gasteiger partial charge in [0, 0.05) is 17.8 Å². The van der Waals surface area contributed by atoms with Gasteiger partial charge in [-0.25, -0.2) is 0 Å². The van der Waals surface area contributed by atoms with Crippen molar-refractivity contribution < 1.29 is 9.59 Å².